The second-order valence-corrected chi connectivity index (χ2v) is 6.18. The van der Waals surface area contributed by atoms with Gasteiger partial charge < -0.3 is 29.7 Å². The summed E-state index contributed by atoms with van der Waals surface area (Å²) in [6.45, 7) is 4.72. The van der Waals surface area contributed by atoms with Crippen molar-refractivity contribution in [3.05, 3.63) is 29.3 Å². The van der Waals surface area contributed by atoms with Crippen LogP contribution in [0.25, 0.3) is 0 Å². The molecular formula is C19H33IN4O4. The molecule has 2 N–H and O–H groups in total. The molecule has 0 aliphatic rings. The molecule has 1 aromatic rings. The van der Waals surface area contributed by atoms with Gasteiger partial charge in [0.1, 0.15) is 12.4 Å². The molecule has 28 heavy (non-hydrogen) atoms. The summed E-state index contributed by atoms with van der Waals surface area (Å²) in [4.78, 5) is 17.9. The lowest BCUT2D eigenvalue weighted by molar-refractivity contribution is -0.127. The number of nitrogens with zero attached hydrogens (tertiary/aromatic N) is 2. The zero-order valence-electron chi connectivity index (χ0n) is 17.4. The van der Waals surface area contributed by atoms with Gasteiger partial charge in [0.2, 0.25) is 5.91 Å². The van der Waals surface area contributed by atoms with E-state index in [1.54, 1.807) is 28.3 Å². The smallest absolute Gasteiger partial charge is 0.241 e. The summed E-state index contributed by atoms with van der Waals surface area (Å²) in [6, 6.07) is 6.01. The van der Waals surface area contributed by atoms with Crippen LogP contribution in [0.1, 0.15) is 11.1 Å². The molecule has 0 fully saturated rings. The summed E-state index contributed by atoms with van der Waals surface area (Å²) >= 11 is 0. The minimum atomic E-state index is -0.0323. The molecule has 0 heterocycles. The van der Waals surface area contributed by atoms with Crippen LogP contribution in [0.3, 0.4) is 0 Å². The fourth-order valence-corrected chi connectivity index (χ4v) is 2.09. The first-order valence-corrected chi connectivity index (χ1v) is 8.90. The van der Waals surface area contributed by atoms with Gasteiger partial charge in [-0.25, -0.2) is 4.99 Å². The third-order valence-corrected chi connectivity index (χ3v) is 3.68. The van der Waals surface area contributed by atoms with E-state index in [4.69, 9.17) is 14.2 Å². The molecule has 0 spiro atoms. The van der Waals surface area contributed by atoms with E-state index in [1.807, 2.05) is 25.1 Å². The molecule has 0 aliphatic heterocycles. The SMILES string of the molecule is COCCNC(=NCc1ccc(C)cc1OCCOC)NCC(=O)N(C)C.I. The van der Waals surface area contributed by atoms with Crippen LogP contribution < -0.4 is 15.4 Å². The highest BCUT2D eigenvalue weighted by molar-refractivity contribution is 14.0. The van der Waals surface area contributed by atoms with Crippen LogP contribution in [0, 0.1) is 6.92 Å². The number of hydrogen-bond donors (Lipinski definition) is 2. The van der Waals surface area contributed by atoms with Crippen molar-refractivity contribution in [3.8, 4) is 5.75 Å². The third-order valence-electron chi connectivity index (χ3n) is 3.68. The fourth-order valence-electron chi connectivity index (χ4n) is 2.09. The number of rotatable bonds is 11. The molecule has 0 atom stereocenters. The molecule has 9 heteroatoms. The largest absolute Gasteiger partial charge is 0.491 e. The fraction of sp³-hybridized carbons (Fsp3) is 0.579. The van der Waals surface area contributed by atoms with Gasteiger partial charge >= 0.3 is 0 Å². The second kappa shape index (κ2) is 15.3. The third kappa shape index (κ3) is 10.7. The number of benzene rings is 1. The molecule has 0 saturated carbocycles. The van der Waals surface area contributed by atoms with Gasteiger partial charge in [-0.15, -0.1) is 24.0 Å². The van der Waals surface area contributed by atoms with Crippen LogP contribution in [0.5, 0.6) is 5.75 Å². The van der Waals surface area contributed by atoms with Crippen LogP contribution in [0.15, 0.2) is 23.2 Å². The molecule has 160 valence electrons. The molecule has 0 saturated heterocycles. The number of carbonyl (C=O) groups excluding carboxylic acids is 1. The number of methoxy groups -OCH3 is 2. The summed E-state index contributed by atoms with van der Waals surface area (Å²) < 4.78 is 15.9. The van der Waals surface area contributed by atoms with Gasteiger partial charge in [0.15, 0.2) is 5.96 Å². The van der Waals surface area contributed by atoms with E-state index < -0.39 is 0 Å². The van der Waals surface area contributed by atoms with Gasteiger partial charge in [0.25, 0.3) is 0 Å². The summed E-state index contributed by atoms with van der Waals surface area (Å²) in [5.41, 5.74) is 2.08. The molecule has 0 unspecified atom stereocenters. The summed E-state index contributed by atoms with van der Waals surface area (Å²) in [5, 5.41) is 6.20. The van der Waals surface area contributed by atoms with Crippen LogP contribution >= 0.6 is 24.0 Å². The van der Waals surface area contributed by atoms with Crippen LogP contribution in [-0.2, 0) is 20.8 Å². The van der Waals surface area contributed by atoms with Gasteiger partial charge in [-0.05, 0) is 18.6 Å². The molecule has 0 radical (unpaired) electrons. The Balaban J connectivity index is 0.00000729. The van der Waals surface area contributed by atoms with Gasteiger partial charge in [0, 0.05) is 40.4 Å². The first kappa shape index (κ1) is 26.4. The number of aryl methyl sites for hydroxylation is 1. The van der Waals surface area contributed by atoms with E-state index in [2.05, 4.69) is 15.6 Å². The van der Waals surface area contributed by atoms with Crippen molar-refractivity contribution in [1.82, 2.24) is 15.5 Å². The van der Waals surface area contributed by atoms with Crippen LogP contribution in [0.2, 0.25) is 0 Å². The molecule has 1 aromatic carbocycles. The van der Waals surface area contributed by atoms with E-state index in [-0.39, 0.29) is 36.4 Å². The Morgan fingerprint density at radius 2 is 1.82 bits per heavy atom. The van der Waals surface area contributed by atoms with Crippen molar-refractivity contribution in [2.24, 2.45) is 4.99 Å². The Labute approximate surface area is 185 Å². The first-order valence-electron chi connectivity index (χ1n) is 8.90. The highest BCUT2D eigenvalue weighted by Crippen LogP contribution is 2.21. The van der Waals surface area contributed by atoms with E-state index in [0.717, 1.165) is 16.9 Å². The number of halogens is 1. The number of nitrogens with one attached hydrogen (secondary N) is 2. The van der Waals surface area contributed by atoms with Gasteiger partial charge in [-0.1, -0.05) is 12.1 Å². The van der Waals surface area contributed by atoms with Crippen LogP contribution in [-0.4, -0.2) is 78.0 Å². The lowest BCUT2D eigenvalue weighted by Crippen LogP contribution is -2.43. The molecular weight excluding hydrogens is 475 g/mol. The Morgan fingerprint density at radius 3 is 2.46 bits per heavy atom. The molecule has 0 aliphatic carbocycles. The van der Waals surface area contributed by atoms with E-state index in [0.29, 0.717) is 38.9 Å². The molecule has 8 nitrogen and oxygen atoms in total. The van der Waals surface area contributed by atoms with Crippen molar-refractivity contribution in [2.45, 2.75) is 13.5 Å². The Kier molecular flexibility index (Phi) is 14.5. The lowest BCUT2D eigenvalue weighted by atomic mass is 10.1. The molecule has 0 aromatic heterocycles. The van der Waals surface area contributed by atoms with E-state index in [9.17, 15) is 4.79 Å². The minimum Gasteiger partial charge on any atom is -0.491 e. The van der Waals surface area contributed by atoms with Gasteiger partial charge in [0.05, 0.1) is 26.3 Å². The number of carbonyl (C=O) groups is 1. The molecule has 1 rings (SSSR count). The van der Waals surface area contributed by atoms with E-state index in [1.165, 1.54) is 4.90 Å². The van der Waals surface area contributed by atoms with Crippen molar-refractivity contribution in [2.75, 3.05) is 61.2 Å². The van der Waals surface area contributed by atoms with Crippen LogP contribution in [0.4, 0.5) is 0 Å². The maximum absolute atomic E-state index is 11.8. The predicted octanol–water partition coefficient (Wildman–Crippen LogP) is 1.41. The summed E-state index contributed by atoms with van der Waals surface area (Å²) in [7, 11) is 6.71. The highest BCUT2D eigenvalue weighted by atomic mass is 127. The maximum Gasteiger partial charge on any atom is 0.241 e. The zero-order valence-corrected chi connectivity index (χ0v) is 19.7. The van der Waals surface area contributed by atoms with Crippen molar-refractivity contribution >= 4 is 35.8 Å². The number of amides is 1. The number of guanidine groups is 1. The highest BCUT2D eigenvalue weighted by Gasteiger charge is 2.08. The Hall–Kier alpha value is -1.59. The predicted molar refractivity (Wildman–Crippen MR) is 122 cm³/mol. The normalized spacial score (nSPS) is 10.8. The summed E-state index contributed by atoms with van der Waals surface area (Å²) in [6.07, 6.45) is 0. The summed E-state index contributed by atoms with van der Waals surface area (Å²) in [5.74, 6) is 1.30. The number of likely N-dealkylation sites (N-methyl/N-ethyl adjacent to an activating group) is 1. The Morgan fingerprint density at radius 1 is 1.11 bits per heavy atom. The average Bonchev–Trinajstić information content (AvgIpc) is 2.64. The zero-order chi connectivity index (χ0) is 20.1. The Bertz CT molecular complexity index is 612. The van der Waals surface area contributed by atoms with Gasteiger partial charge in [-0.3, -0.25) is 4.79 Å². The maximum atomic E-state index is 11.8. The van der Waals surface area contributed by atoms with Crippen molar-refractivity contribution in [3.63, 3.8) is 0 Å². The number of hydrogen-bond acceptors (Lipinski definition) is 5. The van der Waals surface area contributed by atoms with Crippen molar-refractivity contribution in [1.29, 1.82) is 0 Å². The minimum absolute atomic E-state index is 0. The molecule has 1 amide bonds. The molecule has 0 bridgehead atoms. The average molecular weight is 508 g/mol. The van der Waals surface area contributed by atoms with Crippen molar-refractivity contribution < 1.29 is 19.0 Å². The topological polar surface area (TPSA) is 84.4 Å². The number of ether oxygens (including phenoxy) is 3. The van der Waals surface area contributed by atoms with Gasteiger partial charge in [-0.2, -0.15) is 0 Å². The lowest BCUT2D eigenvalue weighted by Gasteiger charge is -2.15. The quantitative estimate of drug-likeness (QED) is 0.204. The van der Waals surface area contributed by atoms with E-state index >= 15 is 0 Å². The second-order valence-electron chi connectivity index (χ2n) is 6.18. The first-order chi connectivity index (χ1) is 13.0. The monoisotopic (exact) mass is 508 g/mol. The standard InChI is InChI=1S/C19H32N4O4.HI/c1-15-6-7-16(17(12-15)27-11-10-26-5)13-21-19(20-8-9-25-4)22-14-18(24)23(2)3;/h6-7,12H,8-11,13-14H2,1-5H3,(H2,20,21,22);1H. The number of aliphatic imine (C=N–C) groups is 1.